The van der Waals surface area contributed by atoms with Crippen molar-refractivity contribution in [3.05, 3.63) is 83.1 Å². The molecule has 1 aromatic heterocycles. The van der Waals surface area contributed by atoms with Crippen LogP contribution in [0.2, 0.25) is 0 Å². The molecule has 1 saturated heterocycles. The van der Waals surface area contributed by atoms with Crippen LogP contribution in [0.1, 0.15) is 41.9 Å². The van der Waals surface area contributed by atoms with Gasteiger partial charge in [-0.15, -0.1) is 0 Å². The zero-order chi connectivity index (χ0) is 26.3. The first kappa shape index (κ1) is 25.1. The van der Waals surface area contributed by atoms with Crippen molar-refractivity contribution in [2.45, 2.75) is 49.1 Å². The Morgan fingerprint density at radius 2 is 1.95 bits per heavy atom. The monoisotopic (exact) mass is 530 g/mol. The number of hydrogen-bond acceptors (Lipinski definition) is 5. The maximum atomic E-state index is 12.6. The number of aromatic nitrogens is 2. The van der Waals surface area contributed by atoms with E-state index in [0.29, 0.717) is 29.8 Å². The van der Waals surface area contributed by atoms with Crippen LogP contribution in [0.15, 0.2) is 60.0 Å². The van der Waals surface area contributed by atoms with Gasteiger partial charge in [0.2, 0.25) is 5.69 Å². The summed E-state index contributed by atoms with van der Waals surface area (Å²) < 4.78 is 32.9. The Labute approximate surface area is 225 Å². The van der Waals surface area contributed by atoms with Crippen LogP contribution in [0.4, 0.5) is 5.69 Å². The lowest BCUT2D eigenvalue weighted by Gasteiger charge is -2.40. The summed E-state index contributed by atoms with van der Waals surface area (Å²) >= 11 is 0. The summed E-state index contributed by atoms with van der Waals surface area (Å²) in [7, 11) is -1.71. The molecule has 2 aliphatic carbocycles. The average Bonchev–Trinajstić information content (AvgIpc) is 3.28. The molecule has 3 aromatic rings. The molecule has 0 N–H and O–H groups in total. The zero-order valence-electron chi connectivity index (χ0n) is 21.8. The molecule has 2 aromatic carbocycles. The van der Waals surface area contributed by atoms with Crippen LogP contribution < -0.4 is 4.74 Å². The SMILES string of the molecule is [C-]#[N+]c1cc2c(cc1OCCCS(=O)(=O)c1cn(C)cn1)C(Cc1ccccc1)C(N1CC3CC3C1)CC2. The summed E-state index contributed by atoms with van der Waals surface area (Å²) in [5, 5.41) is 0.0879. The number of nitrogens with zero attached hydrogens (tertiary/aromatic N) is 4. The summed E-state index contributed by atoms with van der Waals surface area (Å²) in [5.74, 6) is 2.64. The van der Waals surface area contributed by atoms with Crippen molar-refractivity contribution in [3.63, 3.8) is 0 Å². The average molecular weight is 531 g/mol. The molecule has 0 radical (unpaired) electrons. The van der Waals surface area contributed by atoms with E-state index in [9.17, 15) is 8.42 Å². The Morgan fingerprint density at radius 1 is 1.16 bits per heavy atom. The first-order valence-corrected chi connectivity index (χ1v) is 15.2. The Kier molecular flexibility index (Phi) is 6.75. The Bertz CT molecular complexity index is 1450. The van der Waals surface area contributed by atoms with Gasteiger partial charge in [-0.05, 0) is 67.2 Å². The molecule has 3 aliphatic rings. The molecular weight excluding hydrogens is 496 g/mol. The first-order valence-electron chi connectivity index (χ1n) is 13.6. The molecule has 2 heterocycles. The van der Waals surface area contributed by atoms with Crippen molar-refractivity contribution in [2.24, 2.45) is 18.9 Å². The van der Waals surface area contributed by atoms with Gasteiger partial charge in [0.1, 0.15) is 5.75 Å². The number of sulfone groups is 1. The highest BCUT2D eigenvalue weighted by Gasteiger charge is 2.48. The number of fused-ring (bicyclic) bond motifs is 2. The maximum Gasteiger partial charge on any atom is 0.228 e. The third-order valence-electron chi connectivity index (χ3n) is 8.50. The second-order valence-corrected chi connectivity index (χ2v) is 13.2. The number of hydrogen-bond donors (Lipinski definition) is 0. The van der Waals surface area contributed by atoms with E-state index in [-0.39, 0.29) is 17.4 Å². The second-order valence-electron chi connectivity index (χ2n) is 11.1. The molecule has 198 valence electrons. The molecule has 8 heteroatoms. The number of ether oxygens (including phenoxy) is 1. The molecule has 0 amide bonds. The van der Waals surface area contributed by atoms with Gasteiger partial charge in [-0.2, -0.15) is 0 Å². The Balaban J connectivity index is 1.22. The molecule has 7 nitrogen and oxygen atoms in total. The van der Waals surface area contributed by atoms with E-state index in [1.165, 1.54) is 48.7 Å². The molecule has 1 aliphatic heterocycles. The predicted molar refractivity (Wildman–Crippen MR) is 146 cm³/mol. The summed E-state index contributed by atoms with van der Waals surface area (Å²) in [6.45, 7) is 10.4. The molecule has 4 unspecified atom stereocenters. The standard InChI is InChI=1S/C30H34N4O3S/c1-31-27-15-22-9-10-28(34-17-23-14-24(23)18-34)26(13-21-7-4-3-5-8-21)25(22)16-29(27)37-11-6-12-38(35,36)30-19-33(2)20-32-30/h3-5,7-8,15-16,19-20,23-24,26,28H,6,9-14,17-18H2,2H3. The van der Waals surface area contributed by atoms with Gasteiger partial charge in [0.05, 0.1) is 25.3 Å². The van der Waals surface area contributed by atoms with Crippen LogP contribution in [-0.4, -0.2) is 54.4 Å². The van der Waals surface area contributed by atoms with E-state index >= 15 is 0 Å². The van der Waals surface area contributed by atoms with Crippen LogP contribution >= 0.6 is 0 Å². The van der Waals surface area contributed by atoms with E-state index < -0.39 is 9.84 Å². The fourth-order valence-electron chi connectivity index (χ4n) is 6.45. The maximum absolute atomic E-state index is 12.6. The lowest BCUT2D eigenvalue weighted by Crippen LogP contribution is -2.42. The predicted octanol–water partition coefficient (Wildman–Crippen LogP) is 4.81. The van der Waals surface area contributed by atoms with Crippen molar-refractivity contribution in [3.8, 4) is 5.75 Å². The van der Waals surface area contributed by atoms with Crippen molar-refractivity contribution in [1.29, 1.82) is 0 Å². The number of likely N-dealkylation sites (tertiary alicyclic amines) is 1. The highest BCUT2D eigenvalue weighted by atomic mass is 32.2. The number of benzene rings is 2. The molecule has 4 atom stereocenters. The lowest BCUT2D eigenvalue weighted by atomic mass is 9.75. The third kappa shape index (κ3) is 5.10. The van der Waals surface area contributed by atoms with Gasteiger partial charge in [-0.1, -0.05) is 35.9 Å². The Morgan fingerprint density at radius 3 is 2.66 bits per heavy atom. The largest absolute Gasteiger partial charge is 0.505 e. The smallest absolute Gasteiger partial charge is 0.228 e. The summed E-state index contributed by atoms with van der Waals surface area (Å²) in [4.78, 5) is 10.5. The zero-order valence-corrected chi connectivity index (χ0v) is 22.6. The van der Waals surface area contributed by atoms with Crippen LogP contribution in [0.5, 0.6) is 5.75 Å². The van der Waals surface area contributed by atoms with Gasteiger partial charge in [0.15, 0.2) is 14.9 Å². The van der Waals surface area contributed by atoms with Gasteiger partial charge < -0.3 is 9.30 Å². The van der Waals surface area contributed by atoms with E-state index in [4.69, 9.17) is 11.3 Å². The molecule has 6 rings (SSSR count). The van der Waals surface area contributed by atoms with E-state index in [1.54, 1.807) is 11.6 Å². The van der Waals surface area contributed by atoms with Crippen molar-refractivity contribution >= 4 is 15.5 Å². The van der Waals surface area contributed by atoms with Gasteiger partial charge in [-0.3, -0.25) is 4.90 Å². The van der Waals surface area contributed by atoms with E-state index in [0.717, 1.165) is 31.1 Å². The lowest BCUT2D eigenvalue weighted by molar-refractivity contribution is 0.170. The van der Waals surface area contributed by atoms with E-state index in [1.807, 2.05) is 6.07 Å². The van der Waals surface area contributed by atoms with Crippen LogP contribution in [-0.2, 0) is 29.7 Å². The van der Waals surface area contributed by atoms with Gasteiger partial charge in [-0.25, -0.2) is 18.2 Å². The minimum absolute atomic E-state index is 0.0433. The number of rotatable bonds is 9. The molecule has 0 bridgehead atoms. The summed E-state index contributed by atoms with van der Waals surface area (Å²) in [5.41, 5.74) is 4.38. The van der Waals surface area contributed by atoms with E-state index in [2.05, 4.69) is 51.1 Å². The fourth-order valence-corrected chi connectivity index (χ4v) is 7.69. The van der Waals surface area contributed by atoms with Gasteiger partial charge in [0.25, 0.3) is 0 Å². The Hall–Kier alpha value is -3.15. The minimum atomic E-state index is -3.46. The minimum Gasteiger partial charge on any atom is -0.505 e. The second kappa shape index (κ2) is 10.2. The first-order chi connectivity index (χ1) is 18.4. The third-order valence-corrected chi connectivity index (χ3v) is 10.2. The van der Waals surface area contributed by atoms with Gasteiger partial charge >= 0.3 is 0 Å². The molecule has 2 fully saturated rings. The number of imidazole rings is 1. The van der Waals surface area contributed by atoms with Crippen LogP contribution in [0.25, 0.3) is 4.85 Å². The van der Waals surface area contributed by atoms with Crippen LogP contribution in [0.3, 0.4) is 0 Å². The molecular formula is C30H34N4O3S. The van der Waals surface area contributed by atoms with Gasteiger partial charge in [0, 0.05) is 38.3 Å². The summed E-state index contributed by atoms with van der Waals surface area (Å²) in [6, 6.07) is 15.3. The quantitative estimate of drug-likeness (QED) is 0.294. The van der Waals surface area contributed by atoms with Crippen LogP contribution in [0, 0.1) is 18.4 Å². The molecule has 1 saturated carbocycles. The highest BCUT2D eigenvalue weighted by Crippen LogP contribution is 2.49. The number of piperidine rings is 1. The number of aryl methyl sites for hydroxylation is 2. The highest BCUT2D eigenvalue weighted by molar-refractivity contribution is 7.91. The molecule has 38 heavy (non-hydrogen) atoms. The van der Waals surface area contributed by atoms with Crippen molar-refractivity contribution < 1.29 is 13.2 Å². The fraction of sp³-hybridized carbons (Fsp3) is 0.467. The normalized spacial score (nSPS) is 24.4. The topological polar surface area (TPSA) is 68.8 Å². The van der Waals surface area contributed by atoms with Crippen molar-refractivity contribution in [2.75, 3.05) is 25.4 Å². The molecule has 0 spiro atoms. The van der Waals surface area contributed by atoms with Crippen molar-refractivity contribution in [1.82, 2.24) is 14.5 Å². The summed E-state index contributed by atoms with van der Waals surface area (Å²) in [6.07, 6.45) is 7.79.